The smallest absolute Gasteiger partial charge is 0.0541 e. The Morgan fingerprint density at radius 1 is 0.338 bits per heavy atom. The maximum Gasteiger partial charge on any atom is 0.0541 e. The molecule has 14 aromatic rings. The van der Waals surface area contributed by atoms with Crippen LogP contribution < -0.4 is 0 Å². The standard InChI is InChI=1S/C74H47NS2/c1-4-19-46(20-5-1)53-31-15-35-61-63-37-17-33-55(73(63)76-71(53)61)49-39-41-67-65(44-49)66-45-50(56-34-18-38-64-62-36-16-32-54(72(62)77-74(56)64)47-21-6-2-7-22-47)40-42-68(66)75(67)52-26-14-25-51(43-52)70-59-29-12-10-27-57(59)69(48-23-8-3-9-24-48)58-28-11-13-30-60(58)70/h1-45,61,71H. The van der Waals surface area contributed by atoms with Gasteiger partial charge in [-0.25, -0.2) is 0 Å². The molecule has 16 rings (SSSR count). The number of rotatable bonds is 7. The third-order valence-electron chi connectivity index (χ3n) is 16.4. The first-order valence-electron chi connectivity index (χ1n) is 26.6. The molecule has 3 heteroatoms. The summed E-state index contributed by atoms with van der Waals surface area (Å²) in [5.41, 5.74) is 20.1. The first-order chi connectivity index (χ1) is 38.2. The molecule has 0 amide bonds. The van der Waals surface area contributed by atoms with Gasteiger partial charge in [0.05, 0.1) is 11.0 Å². The molecule has 3 heterocycles. The average Bonchev–Trinajstić information content (AvgIpc) is 4.35. The summed E-state index contributed by atoms with van der Waals surface area (Å²) >= 11 is 3.95. The van der Waals surface area contributed by atoms with Gasteiger partial charge < -0.3 is 4.57 Å². The number of thiophene rings is 1. The van der Waals surface area contributed by atoms with E-state index in [1.54, 1.807) is 0 Å². The Balaban J connectivity index is 0.900. The molecular weight excluding hydrogens is 967 g/mol. The van der Waals surface area contributed by atoms with Gasteiger partial charge >= 0.3 is 0 Å². The highest BCUT2D eigenvalue weighted by Crippen LogP contribution is 2.56. The second-order valence-corrected chi connectivity index (χ2v) is 22.7. The van der Waals surface area contributed by atoms with E-state index in [0.717, 1.165) is 5.69 Å². The number of aromatic nitrogens is 1. The largest absolute Gasteiger partial charge is 0.309 e. The van der Waals surface area contributed by atoms with Crippen molar-refractivity contribution in [2.24, 2.45) is 0 Å². The van der Waals surface area contributed by atoms with Gasteiger partial charge in [-0.15, -0.1) is 23.1 Å². The van der Waals surface area contributed by atoms with Crippen LogP contribution in [0, 0.1) is 0 Å². The van der Waals surface area contributed by atoms with Gasteiger partial charge in [0.25, 0.3) is 0 Å². The van der Waals surface area contributed by atoms with Gasteiger partial charge in [-0.2, -0.15) is 0 Å². The fourth-order valence-electron chi connectivity index (χ4n) is 13.0. The van der Waals surface area contributed by atoms with E-state index in [1.807, 2.05) is 23.1 Å². The molecule has 360 valence electrons. The van der Waals surface area contributed by atoms with Gasteiger partial charge in [0.1, 0.15) is 0 Å². The van der Waals surface area contributed by atoms with Gasteiger partial charge in [0.15, 0.2) is 0 Å². The van der Waals surface area contributed by atoms with E-state index in [1.165, 1.54) is 141 Å². The van der Waals surface area contributed by atoms with Crippen LogP contribution in [0.1, 0.15) is 17.0 Å². The summed E-state index contributed by atoms with van der Waals surface area (Å²) in [6.45, 7) is 0. The molecule has 2 atom stereocenters. The van der Waals surface area contributed by atoms with Gasteiger partial charge in [-0.3, -0.25) is 0 Å². The molecule has 77 heavy (non-hydrogen) atoms. The molecule has 0 radical (unpaired) electrons. The highest BCUT2D eigenvalue weighted by atomic mass is 32.2. The summed E-state index contributed by atoms with van der Waals surface area (Å²) in [7, 11) is 0. The topological polar surface area (TPSA) is 4.93 Å². The van der Waals surface area contributed by atoms with Crippen LogP contribution in [-0.2, 0) is 0 Å². The Morgan fingerprint density at radius 2 is 0.818 bits per heavy atom. The number of allylic oxidation sites excluding steroid dienone is 3. The summed E-state index contributed by atoms with van der Waals surface area (Å²) < 4.78 is 5.15. The van der Waals surface area contributed by atoms with E-state index >= 15 is 0 Å². The molecule has 2 aromatic heterocycles. The molecule has 0 fully saturated rings. The SMILES string of the molecule is C1=CC2c3cccc(-c4ccc5c(c4)c4cc(-c6cccc7c6sc6c(-c8ccccc8)cccc67)ccc4n5-c4cccc(-c5c6ccccc6c(-c6ccccc6)c6ccccc56)c4)c3SC2C(c2ccccc2)=C1. The lowest BCUT2D eigenvalue weighted by molar-refractivity contribution is 0.893. The van der Waals surface area contributed by atoms with Crippen LogP contribution in [0.25, 0.3) is 130 Å². The van der Waals surface area contributed by atoms with E-state index in [-0.39, 0.29) is 0 Å². The number of nitrogens with zero attached hydrogens (tertiary/aromatic N) is 1. The second kappa shape index (κ2) is 17.8. The van der Waals surface area contributed by atoms with Crippen LogP contribution in [0.5, 0.6) is 0 Å². The van der Waals surface area contributed by atoms with Crippen molar-refractivity contribution in [2.75, 3.05) is 0 Å². The third kappa shape index (κ3) is 7.01. The first kappa shape index (κ1) is 44.3. The Morgan fingerprint density at radius 3 is 1.44 bits per heavy atom. The predicted octanol–water partition coefficient (Wildman–Crippen LogP) is 21.0. The fraction of sp³-hybridized carbons (Fsp3) is 0.0270. The van der Waals surface area contributed by atoms with E-state index in [2.05, 4.69) is 278 Å². The molecule has 1 aliphatic heterocycles. The second-order valence-electron chi connectivity index (χ2n) is 20.6. The van der Waals surface area contributed by atoms with E-state index in [4.69, 9.17) is 0 Å². The normalized spacial score (nSPS) is 15.0. The highest BCUT2D eigenvalue weighted by Gasteiger charge is 2.37. The Bertz CT molecular complexity index is 4710. The zero-order valence-electron chi connectivity index (χ0n) is 41.9. The van der Waals surface area contributed by atoms with Gasteiger partial charge in [-0.05, 0) is 130 Å². The molecule has 1 aliphatic carbocycles. The molecule has 2 unspecified atom stereocenters. The van der Waals surface area contributed by atoms with Crippen molar-refractivity contribution in [3.63, 3.8) is 0 Å². The molecule has 0 saturated heterocycles. The molecule has 12 aromatic carbocycles. The van der Waals surface area contributed by atoms with E-state index in [9.17, 15) is 0 Å². The lowest BCUT2D eigenvalue weighted by atomic mass is 9.84. The number of benzene rings is 12. The monoisotopic (exact) mass is 1010 g/mol. The number of fused-ring (bicyclic) bond motifs is 11. The van der Waals surface area contributed by atoms with Crippen LogP contribution in [0.15, 0.2) is 278 Å². The maximum absolute atomic E-state index is 2.51. The van der Waals surface area contributed by atoms with Crippen LogP contribution in [0.2, 0.25) is 0 Å². The van der Waals surface area contributed by atoms with Crippen molar-refractivity contribution in [1.29, 1.82) is 0 Å². The predicted molar refractivity (Wildman–Crippen MR) is 332 cm³/mol. The fourth-order valence-corrected chi connectivity index (χ4v) is 16.0. The van der Waals surface area contributed by atoms with Crippen molar-refractivity contribution < 1.29 is 0 Å². The van der Waals surface area contributed by atoms with Gasteiger partial charge in [0, 0.05) is 52.7 Å². The summed E-state index contributed by atoms with van der Waals surface area (Å²) in [5, 5.41) is 10.4. The van der Waals surface area contributed by atoms with E-state index in [0.29, 0.717) is 11.2 Å². The Hall–Kier alpha value is -8.99. The minimum absolute atomic E-state index is 0.319. The Labute approximate surface area is 455 Å². The molecule has 2 aliphatic rings. The van der Waals surface area contributed by atoms with Crippen molar-refractivity contribution in [3.05, 3.63) is 284 Å². The first-order valence-corrected chi connectivity index (χ1v) is 28.3. The van der Waals surface area contributed by atoms with Crippen LogP contribution in [0.4, 0.5) is 0 Å². The molecule has 0 saturated carbocycles. The van der Waals surface area contributed by atoms with Crippen LogP contribution in [0.3, 0.4) is 0 Å². The maximum atomic E-state index is 2.51. The van der Waals surface area contributed by atoms with Crippen molar-refractivity contribution in [2.45, 2.75) is 16.1 Å². The molecule has 0 N–H and O–H groups in total. The number of hydrogen-bond donors (Lipinski definition) is 0. The molecular formula is C74H47NS2. The number of hydrogen-bond acceptors (Lipinski definition) is 2. The lowest BCUT2D eigenvalue weighted by Crippen LogP contribution is -2.13. The highest BCUT2D eigenvalue weighted by molar-refractivity contribution is 8.01. The van der Waals surface area contributed by atoms with Gasteiger partial charge in [-0.1, -0.05) is 237 Å². The summed E-state index contributed by atoms with van der Waals surface area (Å²) in [4.78, 5) is 1.39. The molecule has 0 spiro atoms. The Kier molecular flexibility index (Phi) is 10.3. The van der Waals surface area contributed by atoms with Crippen molar-refractivity contribution in [1.82, 2.24) is 4.57 Å². The summed E-state index contributed by atoms with van der Waals surface area (Å²) in [6, 6.07) is 95.0. The summed E-state index contributed by atoms with van der Waals surface area (Å²) in [6.07, 6.45) is 7.01. The lowest BCUT2D eigenvalue weighted by Gasteiger charge is -2.23. The van der Waals surface area contributed by atoms with Crippen molar-refractivity contribution in [3.8, 4) is 61.3 Å². The van der Waals surface area contributed by atoms with E-state index < -0.39 is 0 Å². The number of thioether (sulfide) groups is 1. The minimum Gasteiger partial charge on any atom is -0.309 e. The zero-order chi connectivity index (χ0) is 50.6. The zero-order valence-corrected chi connectivity index (χ0v) is 43.5. The van der Waals surface area contributed by atoms with Crippen LogP contribution in [-0.4, -0.2) is 9.82 Å². The van der Waals surface area contributed by atoms with Crippen molar-refractivity contribution >= 4 is 92.2 Å². The molecule has 0 bridgehead atoms. The van der Waals surface area contributed by atoms with Crippen LogP contribution >= 0.6 is 23.1 Å². The minimum atomic E-state index is 0.319. The summed E-state index contributed by atoms with van der Waals surface area (Å²) in [5.74, 6) is 0.319. The molecule has 1 nitrogen and oxygen atoms in total. The quantitative estimate of drug-likeness (QED) is 0.144. The third-order valence-corrected chi connectivity index (χ3v) is 19.1. The van der Waals surface area contributed by atoms with Gasteiger partial charge in [0.2, 0.25) is 0 Å². The average molecular weight is 1010 g/mol.